The lowest BCUT2D eigenvalue weighted by molar-refractivity contribution is -0.109. The molecule has 1 heterocycles. The van der Waals surface area contributed by atoms with E-state index in [0.29, 0.717) is 6.61 Å². The average molecular weight is 242 g/mol. The van der Waals surface area contributed by atoms with Gasteiger partial charge in [0, 0.05) is 24.7 Å². The van der Waals surface area contributed by atoms with Gasteiger partial charge < -0.3 is 4.74 Å². The third-order valence-electron chi connectivity index (χ3n) is 1.65. The highest BCUT2D eigenvalue weighted by Gasteiger charge is 1.96. The third-order valence-corrected chi connectivity index (χ3v) is 3.35. The van der Waals surface area contributed by atoms with Gasteiger partial charge in [-0.3, -0.25) is 4.79 Å². The van der Waals surface area contributed by atoms with Gasteiger partial charge in [-0.2, -0.15) is 0 Å². The van der Waals surface area contributed by atoms with Crippen molar-refractivity contribution in [2.24, 2.45) is 0 Å². The predicted molar refractivity (Wildman–Crippen MR) is 67.2 cm³/mol. The zero-order valence-electron chi connectivity index (χ0n) is 8.86. The van der Waals surface area contributed by atoms with Crippen molar-refractivity contribution in [3.8, 4) is 0 Å². The minimum absolute atomic E-state index is 0.157. The van der Waals surface area contributed by atoms with Crippen molar-refractivity contribution in [3.63, 3.8) is 0 Å². The van der Waals surface area contributed by atoms with Crippen LogP contribution in [0.3, 0.4) is 0 Å². The van der Waals surface area contributed by atoms with Crippen molar-refractivity contribution >= 4 is 34.3 Å². The molecule has 0 radical (unpaired) electrons. The van der Waals surface area contributed by atoms with Crippen LogP contribution in [0.5, 0.6) is 0 Å². The van der Waals surface area contributed by atoms with E-state index >= 15 is 0 Å². The zero-order valence-corrected chi connectivity index (χ0v) is 10.5. The van der Waals surface area contributed by atoms with E-state index < -0.39 is 0 Å². The molecule has 0 amide bonds. The van der Waals surface area contributed by atoms with Crippen LogP contribution in [0.1, 0.15) is 17.4 Å². The maximum absolute atomic E-state index is 10.7. The highest BCUT2D eigenvalue weighted by Crippen LogP contribution is 2.17. The van der Waals surface area contributed by atoms with Crippen LogP contribution < -0.4 is 0 Å². The maximum Gasteiger partial charge on any atom is 0.186 e. The van der Waals surface area contributed by atoms with Crippen molar-refractivity contribution in [2.45, 2.75) is 13.5 Å². The molecule has 0 N–H and O–H groups in total. The number of methoxy groups -OCH3 is 1. The van der Waals surface area contributed by atoms with E-state index in [2.05, 4.69) is 11.4 Å². The number of thioether (sulfide) groups is 1. The molecule has 0 atom stereocenters. The Bertz CT molecular complexity index is 342. The fraction of sp³-hybridized carbons (Fsp3) is 0.364. The Balaban J connectivity index is 2.39. The molecule has 0 aliphatic carbocycles. The van der Waals surface area contributed by atoms with Gasteiger partial charge in [0.25, 0.3) is 0 Å². The number of thiophene rings is 1. The Labute approximate surface area is 98.3 Å². The molecule has 15 heavy (non-hydrogen) atoms. The fourth-order valence-corrected chi connectivity index (χ4v) is 2.30. The van der Waals surface area contributed by atoms with Gasteiger partial charge in [0.15, 0.2) is 5.12 Å². The van der Waals surface area contributed by atoms with E-state index in [1.54, 1.807) is 25.4 Å². The summed E-state index contributed by atoms with van der Waals surface area (Å²) < 4.78 is 5.04. The Hall–Kier alpha value is -0.580. The molecule has 0 fully saturated rings. The minimum atomic E-state index is 0.157. The van der Waals surface area contributed by atoms with E-state index in [-0.39, 0.29) is 5.12 Å². The molecule has 0 aliphatic rings. The van der Waals surface area contributed by atoms with Crippen molar-refractivity contribution in [3.05, 3.63) is 28.0 Å². The monoisotopic (exact) mass is 242 g/mol. The largest absolute Gasteiger partial charge is 0.379 e. The Morgan fingerprint density at radius 3 is 3.13 bits per heavy atom. The Kier molecular flexibility index (Phi) is 5.68. The van der Waals surface area contributed by atoms with E-state index in [4.69, 9.17) is 4.74 Å². The van der Waals surface area contributed by atoms with Crippen LogP contribution in [-0.4, -0.2) is 18.0 Å². The average Bonchev–Trinajstić information content (AvgIpc) is 2.61. The molecule has 0 saturated heterocycles. The van der Waals surface area contributed by atoms with Crippen LogP contribution in [0, 0.1) is 0 Å². The number of carbonyl (C=O) groups excluding carboxylic acids is 1. The van der Waals surface area contributed by atoms with E-state index in [1.807, 2.05) is 12.2 Å². The molecule has 1 aromatic rings. The van der Waals surface area contributed by atoms with Gasteiger partial charge in [0.2, 0.25) is 0 Å². The van der Waals surface area contributed by atoms with Crippen LogP contribution in [0.2, 0.25) is 0 Å². The van der Waals surface area contributed by atoms with Crippen LogP contribution in [0.4, 0.5) is 0 Å². The summed E-state index contributed by atoms with van der Waals surface area (Å²) in [4.78, 5) is 11.9. The molecule has 0 saturated carbocycles. The molecule has 4 heteroatoms. The second-order valence-corrected chi connectivity index (χ2v) is 5.18. The van der Waals surface area contributed by atoms with Crippen molar-refractivity contribution < 1.29 is 9.53 Å². The van der Waals surface area contributed by atoms with Crippen LogP contribution in [0.15, 0.2) is 17.5 Å². The standard InChI is InChI=1S/C11H14O2S2/c1-9(12)14-5-3-4-10-6-11(7-13-2)15-8-10/h3-4,6,8H,5,7H2,1-2H3. The summed E-state index contributed by atoms with van der Waals surface area (Å²) in [6.45, 7) is 2.25. The van der Waals surface area contributed by atoms with Gasteiger partial charge in [0.05, 0.1) is 6.61 Å². The third kappa shape index (κ3) is 5.16. The number of carbonyl (C=O) groups is 1. The normalized spacial score (nSPS) is 11.1. The van der Waals surface area contributed by atoms with E-state index in [1.165, 1.54) is 22.2 Å². The lowest BCUT2D eigenvalue weighted by atomic mass is 10.3. The SMILES string of the molecule is COCc1cc(C=CCSC(C)=O)cs1. The Morgan fingerprint density at radius 1 is 1.67 bits per heavy atom. The first-order chi connectivity index (χ1) is 7.22. The van der Waals surface area contributed by atoms with Gasteiger partial charge in [-0.05, 0) is 17.0 Å². The summed E-state index contributed by atoms with van der Waals surface area (Å²) in [5, 5.41) is 2.24. The highest BCUT2D eigenvalue weighted by atomic mass is 32.2. The predicted octanol–water partition coefficient (Wildman–Crippen LogP) is 3.19. The van der Waals surface area contributed by atoms with Gasteiger partial charge in [-0.25, -0.2) is 0 Å². The molecule has 2 nitrogen and oxygen atoms in total. The quantitative estimate of drug-likeness (QED) is 0.793. The number of rotatable bonds is 5. The van der Waals surface area contributed by atoms with E-state index in [9.17, 15) is 4.79 Å². The van der Waals surface area contributed by atoms with Crippen LogP contribution in [-0.2, 0) is 16.1 Å². The number of hydrogen-bond donors (Lipinski definition) is 0. The van der Waals surface area contributed by atoms with Crippen molar-refractivity contribution in [2.75, 3.05) is 12.9 Å². The fourth-order valence-electron chi connectivity index (χ4n) is 1.05. The molecule has 1 rings (SSSR count). The summed E-state index contributed by atoms with van der Waals surface area (Å²) >= 11 is 3.01. The molecule has 0 bridgehead atoms. The lowest BCUT2D eigenvalue weighted by Gasteiger charge is -1.90. The first-order valence-corrected chi connectivity index (χ1v) is 6.45. The molecular weight excluding hydrogens is 228 g/mol. The molecule has 1 aromatic heterocycles. The first-order valence-electron chi connectivity index (χ1n) is 4.58. The molecule has 0 aliphatic heterocycles. The summed E-state index contributed by atoms with van der Waals surface area (Å²) in [5.74, 6) is 0.741. The zero-order chi connectivity index (χ0) is 11.1. The van der Waals surface area contributed by atoms with Gasteiger partial charge in [0.1, 0.15) is 0 Å². The molecule has 0 spiro atoms. The molecular formula is C11H14O2S2. The maximum atomic E-state index is 10.7. The van der Waals surface area contributed by atoms with Gasteiger partial charge in [-0.1, -0.05) is 23.9 Å². The minimum Gasteiger partial charge on any atom is -0.379 e. The summed E-state index contributed by atoms with van der Waals surface area (Å²) in [6, 6.07) is 2.10. The van der Waals surface area contributed by atoms with Gasteiger partial charge >= 0.3 is 0 Å². The lowest BCUT2D eigenvalue weighted by Crippen LogP contribution is -1.81. The van der Waals surface area contributed by atoms with Crippen molar-refractivity contribution in [1.29, 1.82) is 0 Å². The van der Waals surface area contributed by atoms with Crippen molar-refractivity contribution in [1.82, 2.24) is 0 Å². The smallest absolute Gasteiger partial charge is 0.186 e. The summed E-state index contributed by atoms with van der Waals surface area (Å²) in [6.07, 6.45) is 4.04. The number of ether oxygens (including phenoxy) is 1. The Morgan fingerprint density at radius 2 is 2.47 bits per heavy atom. The van der Waals surface area contributed by atoms with Gasteiger partial charge in [-0.15, -0.1) is 11.3 Å². The summed E-state index contributed by atoms with van der Waals surface area (Å²) in [7, 11) is 1.69. The first kappa shape index (κ1) is 12.5. The second-order valence-electron chi connectivity index (χ2n) is 2.98. The van der Waals surface area contributed by atoms with E-state index in [0.717, 1.165) is 5.75 Å². The van der Waals surface area contributed by atoms with Crippen LogP contribution in [0.25, 0.3) is 6.08 Å². The highest BCUT2D eigenvalue weighted by molar-refractivity contribution is 8.13. The number of hydrogen-bond acceptors (Lipinski definition) is 4. The second kappa shape index (κ2) is 6.82. The van der Waals surface area contributed by atoms with Crippen LogP contribution >= 0.6 is 23.1 Å². The topological polar surface area (TPSA) is 26.3 Å². The molecule has 0 aromatic carbocycles. The molecule has 82 valence electrons. The molecule has 0 unspecified atom stereocenters. The summed E-state index contributed by atoms with van der Waals surface area (Å²) in [5.41, 5.74) is 1.18.